The van der Waals surface area contributed by atoms with E-state index in [0.29, 0.717) is 25.6 Å². The van der Waals surface area contributed by atoms with Gasteiger partial charge in [-0.1, -0.05) is 6.07 Å². The summed E-state index contributed by atoms with van der Waals surface area (Å²) in [6.45, 7) is 10.5. The largest absolute Gasteiger partial charge is 0.490 e. The van der Waals surface area contributed by atoms with Crippen LogP contribution in [0.1, 0.15) is 44.9 Å². The lowest BCUT2D eigenvalue weighted by atomic mass is 10.1. The number of benzene rings is 1. The molecule has 30 heavy (non-hydrogen) atoms. The number of methoxy groups -OCH3 is 1. The minimum Gasteiger partial charge on any atom is -0.490 e. The first kappa shape index (κ1) is 25.8. The van der Waals surface area contributed by atoms with Crippen molar-refractivity contribution in [2.75, 3.05) is 26.9 Å². The van der Waals surface area contributed by atoms with Crippen molar-refractivity contribution in [2.24, 2.45) is 4.99 Å². The molecule has 0 bridgehead atoms. The summed E-state index contributed by atoms with van der Waals surface area (Å²) in [5.74, 6) is 2.84. The number of nitrogens with zero attached hydrogens (tertiary/aromatic N) is 2. The predicted molar refractivity (Wildman–Crippen MR) is 131 cm³/mol. The van der Waals surface area contributed by atoms with Crippen LogP contribution in [0.2, 0.25) is 0 Å². The number of ether oxygens (including phenoxy) is 3. The zero-order valence-electron chi connectivity index (χ0n) is 18.4. The Morgan fingerprint density at radius 1 is 1.07 bits per heavy atom. The fourth-order valence-corrected chi connectivity index (χ4v) is 2.78. The molecule has 0 spiro atoms. The van der Waals surface area contributed by atoms with Gasteiger partial charge in [0.2, 0.25) is 5.88 Å². The number of aliphatic imine (C=N–C) groups is 1. The number of pyridine rings is 1. The molecule has 2 N–H and O–H groups in total. The molecule has 0 amide bonds. The van der Waals surface area contributed by atoms with Gasteiger partial charge in [0.25, 0.3) is 0 Å². The number of guanidine groups is 1. The Bertz CT molecular complexity index is 802. The molecule has 1 aromatic carbocycles. The van der Waals surface area contributed by atoms with Crippen LogP contribution < -0.4 is 24.8 Å². The molecule has 1 atom stereocenters. The lowest BCUT2D eigenvalue weighted by Crippen LogP contribution is -2.38. The summed E-state index contributed by atoms with van der Waals surface area (Å²) in [6, 6.07) is 9.87. The monoisotopic (exact) mass is 528 g/mol. The van der Waals surface area contributed by atoms with Crippen molar-refractivity contribution < 1.29 is 14.2 Å². The molecule has 0 saturated heterocycles. The van der Waals surface area contributed by atoms with Gasteiger partial charge in [0.1, 0.15) is 0 Å². The molecule has 0 radical (unpaired) electrons. The quantitative estimate of drug-likeness (QED) is 0.272. The van der Waals surface area contributed by atoms with Gasteiger partial charge in [-0.3, -0.25) is 0 Å². The third-order valence-electron chi connectivity index (χ3n) is 4.19. The summed E-state index contributed by atoms with van der Waals surface area (Å²) in [5.41, 5.74) is 2.12. The number of rotatable bonds is 10. The molecule has 166 valence electrons. The van der Waals surface area contributed by atoms with Gasteiger partial charge < -0.3 is 24.8 Å². The average molecular weight is 528 g/mol. The second-order valence-corrected chi connectivity index (χ2v) is 6.34. The van der Waals surface area contributed by atoms with E-state index in [2.05, 4.69) is 27.5 Å². The van der Waals surface area contributed by atoms with Gasteiger partial charge in [-0.25, -0.2) is 9.98 Å². The molecule has 8 heteroatoms. The van der Waals surface area contributed by atoms with Crippen molar-refractivity contribution in [3.05, 3.63) is 47.7 Å². The Hall–Kier alpha value is -2.23. The lowest BCUT2D eigenvalue weighted by molar-refractivity contribution is 0.287. The van der Waals surface area contributed by atoms with Crippen molar-refractivity contribution >= 4 is 29.9 Å². The van der Waals surface area contributed by atoms with Gasteiger partial charge in [-0.15, -0.1) is 24.0 Å². The predicted octanol–water partition coefficient (Wildman–Crippen LogP) is 4.32. The van der Waals surface area contributed by atoms with Crippen LogP contribution in [0.5, 0.6) is 17.4 Å². The van der Waals surface area contributed by atoms with Crippen molar-refractivity contribution in [2.45, 2.75) is 40.3 Å². The minimum absolute atomic E-state index is 0. The van der Waals surface area contributed by atoms with Crippen molar-refractivity contribution in [1.82, 2.24) is 15.6 Å². The first-order valence-electron chi connectivity index (χ1n) is 10.0. The fraction of sp³-hybridized carbons (Fsp3) is 0.455. The molecule has 0 fully saturated rings. The lowest BCUT2D eigenvalue weighted by Gasteiger charge is -2.20. The number of halogens is 1. The first-order valence-corrected chi connectivity index (χ1v) is 10.0. The van der Waals surface area contributed by atoms with Crippen LogP contribution in [0.4, 0.5) is 0 Å². The molecular weight excluding hydrogens is 495 g/mol. The number of hydrogen-bond acceptors (Lipinski definition) is 5. The Morgan fingerprint density at radius 2 is 1.80 bits per heavy atom. The third-order valence-corrected chi connectivity index (χ3v) is 4.19. The molecule has 0 aliphatic carbocycles. The molecule has 7 nitrogen and oxygen atoms in total. The summed E-state index contributed by atoms with van der Waals surface area (Å²) in [5, 5.41) is 6.74. The molecule has 1 aromatic heterocycles. The second kappa shape index (κ2) is 13.9. The SMILES string of the molecule is CCNC(=NCc1ccnc(OC)c1)NC(C)c1ccc(OCC)c(OCC)c1.I. The Kier molecular flexibility index (Phi) is 12.0. The summed E-state index contributed by atoms with van der Waals surface area (Å²) in [7, 11) is 1.61. The van der Waals surface area contributed by atoms with E-state index in [1.165, 1.54) is 0 Å². The zero-order valence-corrected chi connectivity index (χ0v) is 20.7. The normalized spacial score (nSPS) is 11.8. The highest BCUT2D eigenvalue weighted by Gasteiger charge is 2.12. The van der Waals surface area contributed by atoms with Crippen LogP contribution in [-0.2, 0) is 6.54 Å². The van der Waals surface area contributed by atoms with Crippen LogP contribution in [0.25, 0.3) is 0 Å². The Balaban J connectivity index is 0.00000450. The smallest absolute Gasteiger partial charge is 0.213 e. The van der Waals surface area contributed by atoms with Crippen LogP contribution in [-0.4, -0.2) is 37.8 Å². The van der Waals surface area contributed by atoms with Crippen molar-refractivity contribution in [3.8, 4) is 17.4 Å². The van der Waals surface area contributed by atoms with Gasteiger partial charge in [-0.05, 0) is 57.0 Å². The summed E-state index contributed by atoms with van der Waals surface area (Å²) in [4.78, 5) is 8.81. The maximum Gasteiger partial charge on any atom is 0.213 e. The van der Waals surface area contributed by atoms with E-state index in [9.17, 15) is 0 Å². The highest BCUT2D eigenvalue weighted by Crippen LogP contribution is 2.30. The molecule has 2 rings (SSSR count). The van der Waals surface area contributed by atoms with Gasteiger partial charge in [-0.2, -0.15) is 0 Å². The topological polar surface area (TPSA) is 77.0 Å². The van der Waals surface area contributed by atoms with Gasteiger partial charge in [0.15, 0.2) is 17.5 Å². The maximum absolute atomic E-state index is 5.74. The second-order valence-electron chi connectivity index (χ2n) is 6.34. The highest BCUT2D eigenvalue weighted by atomic mass is 127. The number of hydrogen-bond donors (Lipinski definition) is 2. The van der Waals surface area contributed by atoms with E-state index in [0.717, 1.165) is 35.1 Å². The van der Waals surface area contributed by atoms with E-state index in [1.807, 2.05) is 51.1 Å². The molecular formula is C22H33IN4O3. The third kappa shape index (κ3) is 7.89. The van der Waals surface area contributed by atoms with Gasteiger partial charge >= 0.3 is 0 Å². The maximum atomic E-state index is 5.74. The molecule has 1 heterocycles. The van der Waals surface area contributed by atoms with Gasteiger partial charge in [0.05, 0.1) is 32.9 Å². The number of nitrogens with one attached hydrogen (secondary N) is 2. The van der Waals surface area contributed by atoms with E-state index >= 15 is 0 Å². The molecule has 0 aliphatic heterocycles. The van der Waals surface area contributed by atoms with Crippen molar-refractivity contribution in [1.29, 1.82) is 0 Å². The summed E-state index contributed by atoms with van der Waals surface area (Å²) >= 11 is 0. The summed E-state index contributed by atoms with van der Waals surface area (Å²) < 4.78 is 16.6. The zero-order chi connectivity index (χ0) is 21.1. The van der Waals surface area contributed by atoms with E-state index in [1.54, 1.807) is 13.3 Å². The van der Waals surface area contributed by atoms with E-state index in [-0.39, 0.29) is 30.0 Å². The highest BCUT2D eigenvalue weighted by molar-refractivity contribution is 14.0. The molecule has 2 aromatic rings. The minimum atomic E-state index is 0. The summed E-state index contributed by atoms with van der Waals surface area (Å²) in [6.07, 6.45) is 1.72. The Labute approximate surface area is 196 Å². The van der Waals surface area contributed by atoms with Crippen LogP contribution >= 0.6 is 24.0 Å². The van der Waals surface area contributed by atoms with Crippen molar-refractivity contribution in [3.63, 3.8) is 0 Å². The number of aromatic nitrogens is 1. The Morgan fingerprint density at radius 3 is 2.47 bits per heavy atom. The van der Waals surface area contributed by atoms with E-state index < -0.39 is 0 Å². The fourth-order valence-electron chi connectivity index (χ4n) is 2.78. The van der Waals surface area contributed by atoms with Crippen LogP contribution in [0, 0.1) is 0 Å². The molecule has 0 aliphatic rings. The van der Waals surface area contributed by atoms with Gasteiger partial charge in [0, 0.05) is 18.8 Å². The average Bonchev–Trinajstić information content (AvgIpc) is 2.74. The van der Waals surface area contributed by atoms with Crippen LogP contribution in [0.15, 0.2) is 41.5 Å². The molecule has 0 saturated carbocycles. The molecule has 1 unspecified atom stereocenters. The first-order chi connectivity index (χ1) is 14.1. The standard InChI is InChI=1S/C22H32N4O3.HI/c1-6-23-22(25-15-17-11-12-24-21(13-17)27-5)26-16(4)18-9-10-19(28-7-2)20(14-18)29-8-3;/h9-14,16H,6-8,15H2,1-5H3,(H2,23,25,26);1H. The van der Waals surface area contributed by atoms with E-state index in [4.69, 9.17) is 14.2 Å². The van der Waals surface area contributed by atoms with Crippen LogP contribution in [0.3, 0.4) is 0 Å².